The second kappa shape index (κ2) is 8.13. The number of hydrogen-bond donors (Lipinski definition) is 0. The molecular formula is C13H24O2S. The molecule has 1 heterocycles. The number of ether oxygens (including phenoxy) is 1. The Hall–Kier alpha value is -0.0200. The number of hydrogen-bond acceptors (Lipinski definition) is 3. The molecule has 0 aliphatic carbocycles. The molecule has 3 heteroatoms. The molecule has 16 heavy (non-hydrogen) atoms. The van der Waals surface area contributed by atoms with Crippen molar-refractivity contribution in [2.75, 3.05) is 18.1 Å². The third kappa shape index (κ3) is 4.88. The molecule has 0 saturated carbocycles. The molecule has 1 rings (SSSR count). The van der Waals surface area contributed by atoms with Crippen molar-refractivity contribution >= 4 is 17.5 Å². The van der Waals surface area contributed by atoms with Crippen molar-refractivity contribution in [3.63, 3.8) is 0 Å². The Morgan fingerprint density at radius 1 is 1.50 bits per heavy atom. The van der Waals surface area contributed by atoms with E-state index in [1.165, 1.54) is 19.3 Å². The van der Waals surface area contributed by atoms with Gasteiger partial charge >= 0.3 is 0 Å². The number of rotatable bonds is 7. The minimum Gasteiger partial charge on any atom is -0.369 e. The molecule has 0 radical (unpaired) electrons. The highest BCUT2D eigenvalue weighted by molar-refractivity contribution is 7.99. The van der Waals surface area contributed by atoms with Crippen molar-refractivity contribution in [3.05, 3.63) is 0 Å². The van der Waals surface area contributed by atoms with Gasteiger partial charge in [-0.15, -0.1) is 0 Å². The predicted molar refractivity (Wildman–Crippen MR) is 70.0 cm³/mol. The lowest BCUT2D eigenvalue weighted by molar-refractivity contribution is -0.130. The van der Waals surface area contributed by atoms with Crippen LogP contribution in [0.25, 0.3) is 0 Å². The van der Waals surface area contributed by atoms with Crippen LogP contribution in [-0.4, -0.2) is 30.0 Å². The van der Waals surface area contributed by atoms with E-state index in [0.717, 1.165) is 31.0 Å². The summed E-state index contributed by atoms with van der Waals surface area (Å²) >= 11 is 1.84. The van der Waals surface area contributed by atoms with E-state index in [2.05, 4.69) is 13.8 Å². The molecule has 0 aromatic rings. The largest absolute Gasteiger partial charge is 0.369 e. The van der Waals surface area contributed by atoms with Crippen molar-refractivity contribution < 1.29 is 9.53 Å². The molecule has 0 aromatic heterocycles. The molecule has 0 N–H and O–H groups in total. The number of carbonyl (C=O) groups is 1. The second-order valence-electron chi connectivity index (χ2n) is 4.52. The molecule has 0 aromatic carbocycles. The highest BCUT2D eigenvalue weighted by Gasteiger charge is 2.24. The Labute approximate surface area is 104 Å². The summed E-state index contributed by atoms with van der Waals surface area (Å²) in [6.45, 7) is 5.13. The molecule has 1 aliphatic heterocycles. The molecule has 2 nitrogen and oxygen atoms in total. The highest BCUT2D eigenvalue weighted by atomic mass is 32.2. The third-order valence-electron chi connectivity index (χ3n) is 3.21. The third-order valence-corrected chi connectivity index (χ3v) is 4.20. The molecule has 1 fully saturated rings. The van der Waals surface area contributed by atoms with Crippen molar-refractivity contribution in [1.29, 1.82) is 0 Å². The molecule has 0 bridgehead atoms. The van der Waals surface area contributed by atoms with Crippen LogP contribution in [-0.2, 0) is 9.53 Å². The summed E-state index contributed by atoms with van der Waals surface area (Å²) in [6, 6.07) is 0. The van der Waals surface area contributed by atoms with Gasteiger partial charge in [-0.25, -0.2) is 0 Å². The molecule has 1 saturated heterocycles. The minimum absolute atomic E-state index is 0.116. The van der Waals surface area contributed by atoms with E-state index in [-0.39, 0.29) is 6.10 Å². The van der Waals surface area contributed by atoms with Crippen LogP contribution in [0.1, 0.15) is 46.0 Å². The zero-order chi connectivity index (χ0) is 11.8. The Kier molecular flexibility index (Phi) is 7.13. The van der Waals surface area contributed by atoms with E-state index in [1.54, 1.807) is 0 Å². The zero-order valence-electron chi connectivity index (χ0n) is 10.5. The first kappa shape index (κ1) is 14.0. The fraction of sp³-hybridized carbons (Fsp3) is 0.923. The molecule has 0 amide bonds. The first-order valence-electron chi connectivity index (χ1n) is 6.50. The van der Waals surface area contributed by atoms with Crippen LogP contribution in [0.3, 0.4) is 0 Å². The van der Waals surface area contributed by atoms with Crippen LogP contribution in [0.15, 0.2) is 0 Å². The lowest BCUT2D eigenvalue weighted by Crippen LogP contribution is -2.32. The summed E-state index contributed by atoms with van der Waals surface area (Å²) < 4.78 is 5.52. The van der Waals surface area contributed by atoms with Crippen LogP contribution in [0.4, 0.5) is 0 Å². The molecule has 2 atom stereocenters. The van der Waals surface area contributed by atoms with E-state index in [0.29, 0.717) is 11.7 Å². The van der Waals surface area contributed by atoms with Gasteiger partial charge in [0.2, 0.25) is 0 Å². The molecule has 2 unspecified atom stereocenters. The van der Waals surface area contributed by atoms with Gasteiger partial charge in [0, 0.05) is 17.9 Å². The van der Waals surface area contributed by atoms with Gasteiger partial charge in [-0.2, -0.15) is 11.8 Å². The van der Waals surface area contributed by atoms with Gasteiger partial charge in [-0.1, -0.05) is 39.5 Å². The predicted octanol–water partition coefficient (Wildman–Crippen LogP) is 3.29. The zero-order valence-corrected chi connectivity index (χ0v) is 11.4. The Bertz CT molecular complexity index is 200. The van der Waals surface area contributed by atoms with Gasteiger partial charge in [-0.3, -0.25) is 4.79 Å². The smallest absolute Gasteiger partial charge is 0.162 e. The highest BCUT2D eigenvalue weighted by Crippen LogP contribution is 2.21. The van der Waals surface area contributed by atoms with Crippen LogP contribution in [0.5, 0.6) is 0 Å². The summed E-state index contributed by atoms with van der Waals surface area (Å²) in [5.74, 6) is 2.80. The first-order chi connectivity index (χ1) is 7.77. The fourth-order valence-electron chi connectivity index (χ4n) is 2.03. The molecule has 1 aliphatic rings. The minimum atomic E-state index is -0.116. The normalized spacial score (nSPS) is 23.0. The fourth-order valence-corrected chi connectivity index (χ4v) is 2.91. The number of carbonyl (C=O) groups excluding carboxylic acids is 1. The standard InChI is InChI=1S/C13H24O2S/c1-3-5-6-11(4-2)9-12(14)13-10-16-8-7-15-13/h11,13H,3-10H2,1-2H3. The molecular weight excluding hydrogens is 220 g/mol. The lowest BCUT2D eigenvalue weighted by atomic mass is 9.92. The van der Waals surface area contributed by atoms with E-state index in [9.17, 15) is 4.79 Å². The topological polar surface area (TPSA) is 26.3 Å². The van der Waals surface area contributed by atoms with E-state index < -0.39 is 0 Å². The molecule has 94 valence electrons. The second-order valence-corrected chi connectivity index (χ2v) is 5.67. The number of ketones is 1. The van der Waals surface area contributed by atoms with Crippen LogP contribution in [0.2, 0.25) is 0 Å². The Morgan fingerprint density at radius 3 is 2.88 bits per heavy atom. The maximum absolute atomic E-state index is 12.0. The van der Waals surface area contributed by atoms with Crippen LogP contribution in [0, 0.1) is 5.92 Å². The number of unbranched alkanes of at least 4 members (excludes halogenated alkanes) is 1. The van der Waals surface area contributed by atoms with Crippen molar-refractivity contribution in [1.82, 2.24) is 0 Å². The Balaban J connectivity index is 2.29. The maximum Gasteiger partial charge on any atom is 0.162 e. The number of thioether (sulfide) groups is 1. The summed E-state index contributed by atoms with van der Waals surface area (Å²) in [6.07, 6.45) is 5.38. The van der Waals surface area contributed by atoms with Gasteiger partial charge in [0.15, 0.2) is 5.78 Å². The van der Waals surface area contributed by atoms with E-state index in [4.69, 9.17) is 4.74 Å². The Morgan fingerprint density at radius 2 is 2.31 bits per heavy atom. The quantitative estimate of drug-likeness (QED) is 0.687. The van der Waals surface area contributed by atoms with E-state index in [1.807, 2.05) is 11.8 Å². The summed E-state index contributed by atoms with van der Waals surface area (Å²) in [5, 5.41) is 0. The molecule has 0 spiro atoms. The van der Waals surface area contributed by atoms with Crippen molar-refractivity contribution in [3.8, 4) is 0 Å². The van der Waals surface area contributed by atoms with Gasteiger partial charge in [0.25, 0.3) is 0 Å². The SMILES string of the molecule is CCCCC(CC)CC(=O)C1CSCCO1. The van der Waals surface area contributed by atoms with Gasteiger partial charge in [-0.05, 0) is 5.92 Å². The summed E-state index contributed by atoms with van der Waals surface area (Å²) in [4.78, 5) is 12.0. The van der Waals surface area contributed by atoms with Crippen molar-refractivity contribution in [2.45, 2.75) is 52.1 Å². The lowest BCUT2D eigenvalue weighted by Gasteiger charge is -2.23. The van der Waals surface area contributed by atoms with Crippen LogP contribution >= 0.6 is 11.8 Å². The van der Waals surface area contributed by atoms with E-state index >= 15 is 0 Å². The first-order valence-corrected chi connectivity index (χ1v) is 7.65. The van der Waals surface area contributed by atoms with Crippen LogP contribution < -0.4 is 0 Å². The van der Waals surface area contributed by atoms with Gasteiger partial charge in [0.05, 0.1) is 6.61 Å². The average Bonchev–Trinajstić information content (AvgIpc) is 2.35. The summed E-state index contributed by atoms with van der Waals surface area (Å²) in [5.41, 5.74) is 0. The number of Topliss-reactive ketones (excluding diaryl/α,β-unsaturated/α-hetero) is 1. The monoisotopic (exact) mass is 244 g/mol. The van der Waals surface area contributed by atoms with Gasteiger partial charge < -0.3 is 4.74 Å². The average molecular weight is 244 g/mol. The van der Waals surface area contributed by atoms with Gasteiger partial charge in [0.1, 0.15) is 6.10 Å². The maximum atomic E-state index is 12.0. The van der Waals surface area contributed by atoms with Crippen molar-refractivity contribution in [2.24, 2.45) is 5.92 Å². The summed E-state index contributed by atoms with van der Waals surface area (Å²) in [7, 11) is 0.